The van der Waals surface area contributed by atoms with Crippen molar-refractivity contribution in [3.63, 3.8) is 0 Å². The van der Waals surface area contributed by atoms with Gasteiger partial charge in [0.1, 0.15) is 5.75 Å². The number of pyridine rings is 1. The molecule has 0 amide bonds. The van der Waals surface area contributed by atoms with Crippen LogP contribution in [0.3, 0.4) is 0 Å². The second kappa shape index (κ2) is 6.68. The molecule has 0 aliphatic rings. The third-order valence-corrected chi connectivity index (χ3v) is 2.51. The van der Waals surface area contributed by atoms with Crippen molar-refractivity contribution in [3.8, 4) is 5.75 Å². The summed E-state index contributed by atoms with van der Waals surface area (Å²) in [7, 11) is 0. The Hall–Kier alpha value is -0.740. The molecule has 0 fully saturated rings. The van der Waals surface area contributed by atoms with Crippen LogP contribution in [0.5, 0.6) is 5.75 Å². The van der Waals surface area contributed by atoms with Crippen LogP contribution in [0.1, 0.15) is 12.1 Å². The van der Waals surface area contributed by atoms with E-state index in [9.17, 15) is 0 Å². The summed E-state index contributed by atoms with van der Waals surface area (Å²) in [5.74, 6) is 1.41. The lowest BCUT2D eigenvalue weighted by Gasteiger charge is -2.03. The molecule has 0 bridgehead atoms. The van der Waals surface area contributed by atoms with E-state index < -0.39 is 0 Å². The van der Waals surface area contributed by atoms with Gasteiger partial charge < -0.3 is 10.4 Å². The van der Waals surface area contributed by atoms with E-state index in [4.69, 9.17) is 5.11 Å². The zero-order chi connectivity index (χ0) is 10.2. The Bertz CT molecular complexity index is 251. The zero-order valence-electron chi connectivity index (χ0n) is 8.36. The smallest absolute Gasteiger partial charge is 0.133 e. The van der Waals surface area contributed by atoms with E-state index >= 15 is 0 Å². The Labute approximate surface area is 88.9 Å². The van der Waals surface area contributed by atoms with Crippen LogP contribution in [0.15, 0.2) is 18.3 Å². The molecule has 0 saturated heterocycles. The summed E-state index contributed by atoms with van der Waals surface area (Å²) >= 11 is 1.86. The van der Waals surface area contributed by atoms with E-state index in [1.54, 1.807) is 6.07 Å². The van der Waals surface area contributed by atoms with Crippen molar-refractivity contribution in [2.75, 3.05) is 18.6 Å². The molecule has 1 aromatic rings. The molecule has 0 unspecified atom stereocenters. The Balaban J connectivity index is 2.15. The minimum Gasteiger partial charge on any atom is -0.506 e. The van der Waals surface area contributed by atoms with Crippen LogP contribution in [-0.2, 0) is 6.54 Å². The van der Waals surface area contributed by atoms with Gasteiger partial charge in [0.05, 0.1) is 11.9 Å². The Morgan fingerprint density at radius 1 is 1.50 bits per heavy atom. The molecule has 0 spiro atoms. The SMILES string of the molecule is CSCCCNCc1ccc(O)cn1. The van der Waals surface area contributed by atoms with E-state index in [0.717, 1.165) is 18.8 Å². The molecule has 0 aliphatic carbocycles. The third kappa shape index (κ3) is 4.48. The first-order valence-electron chi connectivity index (χ1n) is 4.66. The van der Waals surface area contributed by atoms with E-state index in [-0.39, 0.29) is 5.75 Å². The molecule has 1 heterocycles. The molecule has 1 aromatic heterocycles. The van der Waals surface area contributed by atoms with Gasteiger partial charge in [-0.05, 0) is 37.1 Å². The van der Waals surface area contributed by atoms with Gasteiger partial charge in [-0.2, -0.15) is 11.8 Å². The lowest BCUT2D eigenvalue weighted by molar-refractivity contribution is 0.471. The maximum absolute atomic E-state index is 9.01. The van der Waals surface area contributed by atoms with E-state index in [2.05, 4.69) is 16.6 Å². The first kappa shape index (κ1) is 11.3. The molecule has 4 heteroatoms. The molecule has 0 saturated carbocycles. The van der Waals surface area contributed by atoms with Crippen molar-refractivity contribution in [3.05, 3.63) is 24.0 Å². The fraction of sp³-hybridized carbons (Fsp3) is 0.500. The molecule has 14 heavy (non-hydrogen) atoms. The number of hydrogen-bond acceptors (Lipinski definition) is 4. The number of hydrogen-bond donors (Lipinski definition) is 2. The van der Waals surface area contributed by atoms with Gasteiger partial charge in [-0.25, -0.2) is 0 Å². The van der Waals surface area contributed by atoms with E-state index in [1.807, 2.05) is 17.8 Å². The minimum atomic E-state index is 0.219. The van der Waals surface area contributed by atoms with Crippen LogP contribution in [0, 0.1) is 0 Å². The maximum atomic E-state index is 9.01. The lowest BCUT2D eigenvalue weighted by Crippen LogP contribution is -2.15. The monoisotopic (exact) mass is 212 g/mol. The number of aromatic nitrogens is 1. The fourth-order valence-electron chi connectivity index (χ4n) is 1.08. The molecule has 78 valence electrons. The first-order chi connectivity index (χ1) is 6.83. The average molecular weight is 212 g/mol. The number of aromatic hydroxyl groups is 1. The van der Waals surface area contributed by atoms with Crippen molar-refractivity contribution in [2.45, 2.75) is 13.0 Å². The molecule has 2 N–H and O–H groups in total. The normalized spacial score (nSPS) is 10.4. The molecular formula is C10H16N2OS. The van der Waals surface area contributed by atoms with Crippen LogP contribution in [0.25, 0.3) is 0 Å². The van der Waals surface area contributed by atoms with Crippen molar-refractivity contribution < 1.29 is 5.11 Å². The summed E-state index contributed by atoms with van der Waals surface area (Å²) in [5, 5.41) is 12.3. The second-order valence-electron chi connectivity index (χ2n) is 3.03. The Morgan fingerprint density at radius 3 is 3.00 bits per heavy atom. The quantitative estimate of drug-likeness (QED) is 0.704. The fourth-order valence-corrected chi connectivity index (χ4v) is 1.51. The predicted molar refractivity (Wildman–Crippen MR) is 60.6 cm³/mol. The summed E-state index contributed by atoms with van der Waals surface area (Å²) in [6.07, 6.45) is 4.76. The van der Waals surface area contributed by atoms with Gasteiger partial charge in [0.25, 0.3) is 0 Å². The topological polar surface area (TPSA) is 45.1 Å². The standard InChI is InChI=1S/C10H16N2OS/c1-14-6-2-5-11-7-9-3-4-10(13)8-12-9/h3-4,8,11,13H,2,5-7H2,1H3. The highest BCUT2D eigenvalue weighted by molar-refractivity contribution is 7.98. The van der Waals surface area contributed by atoms with Gasteiger partial charge in [0, 0.05) is 6.54 Å². The summed E-state index contributed by atoms with van der Waals surface area (Å²) < 4.78 is 0. The van der Waals surface area contributed by atoms with Crippen molar-refractivity contribution in [1.29, 1.82) is 0 Å². The molecule has 0 aromatic carbocycles. The highest BCUT2D eigenvalue weighted by Crippen LogP contribution is 2.05. The second-order valence-corrected chi connectivity index (χ2v) is 4.02. The molecule has 0 atom stereocenters. The number of thioether (sulfide) groups is 1. The van der Waals surface area contributed by atoms with Crippen molar-refractivity contribution in [1.82, 2.24) is 10.3 Å². The van der Waals surface area contributed by atoms with Crippen molar-refractivity contribution >= 4 is 11.8 Å². The number of nitrogens with one attached hydrogen (secondary N) is 1. The van der Waals surface area contributed by atoms with Gasteiger partial charge in [0.2, 0.25) is 0 Å². The number of nitrogens with zero attached hydrogens (tertiary/aromatic N) is 1. The van der Waals surface area contributed by atoms with Crippen LogP contribution < -0.4 is 5.32 Å². The summed E-state index contributed by atoms with van der Waals surface area (Å²) in [5.41, 5.74) is 0.965. The maximum Gasteiger partial charge on any atom is 0.133 e. The summed E-state index contributed by atoms with van der Waals surface area (Å²) in [4.78, 5) is 4.08. The Kier molecular flexibility index (Phi) is 5.40. The van der Waals surface area contributed by atoms with Crippen LogP contribution in [0.4, 0.5) is 0 Å². The lowest BCUT2D eigenvalue weighted by atomic mass is 10.3. The van der Waals surface area contributed by atoms with Crippen LogP contribution in [0.2, 0.25) is 0 Å². The average Bonchev–Trinajstić information content (AvgIpc) is 2.21. The van der Waals surface area contributed by atoms with Crippen LogP contribution in [-0.4, -0.2) is 28.6 Å². The highest BCUT2D eigenvalue weighted by Gasteiger charge is 1.93. The van der Waals surface area contributed by atoms with Gasteiger partial charge >= 0.3 is 0 Å². The molecule has 1 rings (SSSR count). The van der Waals surface area contributed by atoms with Gasteiger partial charge in [-0.15, -0.1) is 0 Å². The number of rotatable bonds is 6. The van der Waals surface area contributed by atoms with E-state index in [1.165, 1.54) is 18.4 Å². The zero-order valence-corrected chi connectivity index (χ0v) is 9.18. The third-order valence-electron chi connectivity index (χ3n) is 1.82. The Morgan fingerprint density at radius 2 is 2.36 bits per heavy atom. The summed E-state index contributed by atoms with van der Waals surface area (Å²) in [6.45, 7) is 1.79. The van der Waals surface area contributed by atoms with Crippen molar-refractivity contribution in [2.24, 2.45) is 0 Å². The predicted octanol–water partition coefficient (Wildman–Crippen LogP) is 1.63. The van der Waals surface area contributed by atoms with Gasteiger partial charge in [-0.1, -0.05) is 0 Å². The minimum absolute atomic E-state index is 0.219. The van der Waals surface area contributed by atoms with Gasteiger partial charge in [-0.3, -0.25) is 4.98 Å². The molecule has 0 aliphatic heterocycles. The summed E-state index contributed by atoms with van der Waals surface area (Å²) in [6, 6.07) is 3.49. The first-order valence-corrected chi connectivity index (χ1v) is 6.06. The molecule has 0 radical (unpaired) electrons. The molecular weight excluding hydrogens is 196 g/mol. The largest absolute Gasteiger partial charge is 0.506 e. The highest BCUT2D eigenvalue weighted by atomic mass is 32.2. The molecule has 3 nitrogen and oxygen atoms in total. The van der Waals surface area contributed by atoms with Crippen LogP contribution >= 0.6 is 11.8 Å². The van der Waals surface area contributed by atoms with Gasteiger partial charge in [0.15, 0.2) is 0 Å². The van der Waals surface area contributed by atoms with E-state index in [0.29, 0.717) is 0 Å².